The van der Waals surface area contributed by atoms with Crippen molar-refractivity contribution >= 4 is 17.3 Å². The highest BCUT2D eigenvalue weighted by Gasteiger charge is 2.08. The van der Waals surface area contributed by atoms with Crippen molar-refractivity contribution < 1.29 is 9.53 Å². The molecule has 0 heterocycles. The standard InChI is InChI=1S/C21H28N2O2/c1-5-16(4)25-19-12-10-18(11-13-19)22-14-20(24)23-21-15(3)8-7-9-17(21)6-2/h7-13,16,22H,5-6,14H2,1-4H3,(H,23,24). The number of rotatable bonds is 8. The van der Waals surface area contributed by atoms with E-state index in [0.717, 1.165) is 41.1 Å². The highest BCUT2D eigenvalue weighted by atomic mass is 16.5. The number of nitrogens with one attached hydrogen (secondary N) is 2. The average Bonchev–Trinajstić information content (AvgIpc) is 2.62. The van der Waals surface area contributed by atoms with Crippen molar-refractivity contribution in [3.63, 3.8) is 0 Å². The normalized spacial score (nSPS) is 11.7. The zero-order chi connectivity index (χ0) is 18.2. The molecule has 2 N–H and O–H groups in total. The molecule has 2 rings (SSSR count). The Labute approximate surface area is 150 Å². The second-order valence-electron chi connectivity index (χ2n) is 6.23. The maximum absolute atomic E-state index is 12.3. The smallest absolute Gasteiger partial charge is 0.243 e. The van der Waals surface area contributed by atoms with Crippen molar-refractivity contribution in [2.75, 3.05) is 17.2 Å². The molecule has 0 bridgehead atoms. The van der Waals surface area contributed by atoms with Crippen LogP contribution >= 0.6 is 0 Å². The van der Waals surface area contributed by atoms with Crippen molar-refractivity contribution in [2.45, 2.75) is 46.6 Å². The van der Waals surface area contributed by atoms with E-state index in [2.05, 4.69) is 24.5 Å². The lowest BCUT2D eigenvalue weighted by molar-refractivity contribution is -0.114. The van der Waals surface area contributed by atoms with Gasteiger partial charge in [-0.3, -0.25) is 4.79 Å². The number of ether oxygens (including phenoxy) is 1. The number of para-hydroxylation sites is 1. The zero-order valence-corrected chi connectivity index (χ0v) is 15.6. The molecule has 0 radical (unpaired) electrons. The van der Waals surface area contributed by atoms with Crippen LogP contribution in [0.4, 0.5) is 11.4 Å². The van der Waals surface area contributed by atoms with Crippen LogP contribution in [0.25, 0.3) is 0 Å². The first-order valence-electron chi connectivity index (χ1n) is 8.92. The first kappa shape index (κ1) is 18.8. The van der Waals surface area contributed by atoms with Gasteiger partial charge in [0, 0.05) is 11.4 Å². The lowest BCUT2D eigenvalue weighted by Crippen LogP contribution is -2.22. The Morgan fingerprint density at radius 1 is 1.12 bits per heavy atom. The molecule has 0 aliphatic carbocycles. The van der Waals surface area contributed by atoms with Crippen LogP contribution in [-0.2, 0) is 11.2 Å². The van der Waals surface area contributed by atoms with Crippen LogP contribution in [0.3, 0.4) is 0 Å². The van der Waals surface area contributed by atoms with Crippen LogP contribution in [-0.4, -0.2) is 18.6 Å². The van der Waals surface area contributed by atoms with Gasteiger partial charge in [0.1, 0.15) is 5.75 Å². The summed E-state index contributed by atoms with van der Waals surface area (Å²) in [5.41, 5.74) is 4.06. The van der Waals surface area contributed by atoms with E-state index in [0.29, 0.717) is 0 Å². The number of hydrogen-bond donors (Lipinski definition) is 2. The van der Waals surface area contributed by atoms with Crippen molar-refractivity contribution in [1.29, 1.82) is 0 Å². The second-order valence-corrected chi connectivity index (χ2v) is 6.23. The molecule has 0 saturated carbocycles. The molecule has 0 aliphatic heterocycles. The third-order valence-corrected chi connectivity index (χ3v) is 4.22. The third-order valence-electron chi connectivity index (χ3n) is 4.22. The molecule has 1 atom stereocenters. The van der Waals surface area contributed by atoms with Crippen molar-refractivity contribution in [3.8, 4) is 5.75 Å². The van der Waals surface area contributed by atoms with Gasteiger partial charge in [0.15, 0.2) is 0 Å². The molecule has 4 heteroatoms. The number of aryl methyl sites for hydroxylation is 2. The summed E-state index contributed by atoms with van der Waals surface area (Å²) in [4.78, 5) is 12.3. The molecule has 134 valence electrons. The van der Waals surface area contributed by atoms with Crippen molar-refractivity contribution in [1.82, 2.24) is 0 Å². The number of hydrogen-bond acceptors (Lipinski definition) is 3. The van der Waals surface area contributed by atoms with Gasteiger partial charge in [0.2, 0.25) is 5.91 Å². The summed E-state index contributed by atoms with van der Waals surface area (Å²) >= 11 is 0. The Balaban J connectivity index is 1.90. The molecule has 25 heavy (non-hydrogen) atoms. The molecule has 2 aromatic carbocycles. The molecular weight excluding hydrogens is 312 g/mol. The minimum absolute atomic E-state index is 0.0519. The van der Waals surface area contributed by atoms with Crippen LogP contribution in [0.1, 0.15) is 38.3 Å². The molecule has 0 spiro atoms. The molecule has 0 fully saturated rings. The lowest BCUT2D eigenvalue weighted by atomic mass is 10.1. The van der Waals surface area contributed by atoms with Crippen molar-refractivity contribution in [2.24, 2.45) is 0 Å². The summed E-state index contributed by atoms with van der Waals surface area (Å²) in [6.07, 6.45) is 2.06. The Bertz CT molecular complexity index is 696. The van der Waals surface area contributed by atoms with Crippen molar-refractivity contribution in [3.05, 3.63) is 53.6 Å². The highest BCUT2D eigenvalue weighted by Crippen LogP contribution is 2.21. The molecule has 1 unspecified atom stereocenters. The minimum Gasteiger partial charge on any atom is -0.491 e. The summed E-state index contributed by atoms with van der Waals surface area (Å²) in [6, 6.07) is 13.8. The quantitative estimate of drug-likeness (QED) is 0.727. The Morgan fingerprint density at radius 3 is 2.48 bits per heavy atom. The molecule has 2 aromatic rings. The van der Waals surface area contributed by atoms with Crippen LogP contribution in [0.15, 0.2) is 42.5 Å². The van der Waals surface area contributed by atoms with E-state index in [4.69, 9.17) is 4.74 Å². The fraction of sp³-hybridized carbons (Fsp3) is 0.381. The number of anilines is 2. The van der Waals surface area contributed by atoms with Gasteiger partial charge >= 0.3 is 0 Å². The van der Waals surface area contributed by atoms with Crippen LogP contribution < -0.4 is 15.4 Å². The Kier molecular flexibility index (Phi) is 6.87. The predicted octanol–water partition coefficient (Wildman–Crippen LogP) is 4.79. The SMILES string of the molecule is CCc1cccc(C)c1NC(=O)CNc1ccc(OC(C)CC)cc1. The van der Waals surface area contributed by atoms with Gasteiger partial charge < -0.3 is 15.4 Å². The van der Waals surface area contributed by atoms with Gasteiger partial charge in [-0.15, -0.1) is 0 Å². The summed E-state index contributed by atoms with van der Waals surface area (Å²) < 4.78 is 5.75. The zero-order valence-electron chi connectivity index (χ0n) is 15.6. The largest absolute Gasteiger partial charge is 0.491 e. The molecular formula is C21H28N2O2. The summed E-state index contributed by atoms with van der Waals surface area (Å²) in [5, 5.41) is 6.17. The second kappa shape index (κ2) is 9.11. The van der Waals surface area contributed by atoms with Crippen LogP contribution in [0.2, 0.25) is 0 Å². The van der Waals surface area contributed by atoms with E-state index in [9.17, 15) is 4.79 Å². The van der Waals surface area contributed by atoms with Gasteiger partial charge in [-0.05, 0) is 62.1 Å². The number of amides is 1. The predicted molar refractivity (Wildman–Crippen MR) is 104 cm³/mol. The van der Waals surface area contributed by atoms with Gasteiger partial charge in [-0.2, -0.15) is 0 Å². The minimum atomic E-state index is -0.0519. The monoisotopic (exact) mass is 340 g/mol. The topological polar surface area (TPSA) is 50.4 Å². The summed E-state index contributed by atoms with van der Waals surface area (Å²) in [5.74, 6) is 0.792. The average molecular weight is 340 g/mol. The van der Waals surface area contributed by atoms with Gasteiger partial charge in [-0.25, -0.2) is 0 Å². The van der Waals surface area contributed by atoms with E-state index in [1.165, 1.54) is 0 Å². The van der Waals surface area contributed by atoms with Gasteiger partial charge in [0.25, 0.3) is 0 Å². The third kappa shape index (κ3) is 5.52. The fourth-order valence-electron chi connectivity index (χ4n) is 2.53. The molecule has 0 aliphatic rings. The maximum Gasteiger partial charge on any atom is 0.243 e. The van der Waals surface area contributed by atoms with E-state index in [1.807, 2.05) is 56.3 Å². The summed E-state index contributed by atoms with van der Waals surface area (Å²) in [7, 11) is 0. The first-order valence-corrected chi connectivity index (χ1v) is 8.92. The number of benzene rings is 2. The van der Waals surface area contributed by atoms with E-state index < -0.39 is 0 Å². The number of carbonyl (C=O) groups is 1. The fourth-order valence-corrected chi connectivity index (χ4v) is 2.53. The Hall–Kier alpha value is -2.49. The Morgan fingerprint density at radius 2 is 1.84 bits per heavy atom. The van der Waals surface area contributed by atoms with E-state index in [-0.39, 0.29) is 18.6 Å². The van der Waals surface area contributed by atoms with Crippen LogP contribution in [0.5, 0.6) is 5.75 Å². The molecule has 4 nitrogen and oxygen atoms in total. The van der Waals surface area contributed by atoms with Gasteiger partial charge in [0.05, 0.1) is 12.6 Å². The highest BCUT2D eigenvalue weighted by molar-refractivity contribution is 5.95. The maximum atomic E-state index is 12.3. The molecule has 0 aromatic heterocycles. The van der Waals surface area contributed by atoms with Gasteiger partial charge in [-0.1, -0.05) is 32.0 Å². The lowest BCUT2D eigenvalue weighted by Gasteiger charge is -2.14. The first-order chi connectivity index (χ1) is 12.0. The number of carbonyl (C=O) groups excluding carboxylic acids is 1. The van der Waals surface area contributed by atoms with E-state index in [1.54, 1.807) is 0 Å². The van der Waals surface area contributed by atoms with Crippen LogP contribution in [0, 0.1) is 6.92 Å². The molecule has 0 saturated heterocycles. The summed E-state index contributed by atoms with van der Waals surface area (Å²) in [6.45, 7) is 8.47. The molecule has 1 amide bonds. The van der Waals surface area contributed by atoms with E-state index >= 15 is 0 Å².